The van der Waals surface area contributed by atoms with E-state index in [2.05, 4.69) is 0 Å². The predicted molar refractivity (Wildman–Crippen MR) is 18.1 cm³/mol. The van der Waals surface area contributed by atoms with Crippen LogP contribution in [0, 0.1) is 0 Å². The van der Waals surface area contributed by atoms with Crippen molar-refractivity contribution in [2.45, 2.75) is 0 Å². The maximum atomic E-state index is 0. The molecular formula is H10Cl5NbO5. The zero-order chi connectivity index (χ0) is 0. The summed E-state index contributed by atoms with van der Waals surface area (Å²) in [6.45, 7) is 0. The largest absolute Gasteiger partial charge is 5.00 e. The van der Waals surface area contributed by atoms with Crippen molar-refractivity contribution < 1.29 is 112 Å². The van der Waals surface area contributed by atoms with Crippen LogP contribution in [0.15, 0.2) is 0 Å². The van der Waals surface area contributed by atoms with E-state index in [0.29, 0.717) is 0 Å². The number of hydrogen-bond acceptors (Lipinski definition) is 0. The van der Waals surface area contributed by atoms with E-state index in [1.165, 1.54) is 0 Å². The summed E-state index contributed by atoms with van der Waals surface area (Å²) >= 11 is 0. The molecule has 0 aromatic heterocycles. The number of hydrogen-bond donors (Lipinski definition) is 0. The minimum atomic E-state index is 0. The fourth-order valence-corrected chi connectivity index (χ4v) is 0. The average molecular weight is 360 g/mol. The molecule has 0 heterocycles. The molecule has 0 bridgehead atoms. The van der Waals surface area contributed by atoms with E-state index in [1.807, 2.05) is 0 Å². The Bertz CT molecular complexity index is 14.8. The van der Waals surface area contributed by atoms with Crippen molar-refractivity contribution in [3.63, 3.8) is 0 Å². The SMILES string of the molecule is O.O.O.O.O.[Cl-].[Cl-].[Cl-].[Cl-].[Cl-].[Nb+5]. The van der Waals surface area contributed by atoms with Crippen LogP contribution in [-0.4, -0.2) is 27.4 Å². The Labute approximate surface area is 111 Å². The van der Waals surface area contributed by atoms with Gasteiger partial charge in [0.15, 0.2) is 0 Å². The number of rotatable bonds is 0. The van der Waals surface area contributed by atoms with E-state index in [9.17, 15) is 0 Å². The maximum absolute atomic E-state index is 0. The van der Waals surface area contributed by atoms with Crippen molar-refractivity contribution in [3.8, 4) is 0 Å². The molecular weight excluding hydrogens is 350 g/mol. The molecule has 0 fully saturated rings. The molecule has 0 radical (unpaired) electrons. The molecule has 0 rings (SSSR count). The molecule has 0 amide bonds. The normalized spacial score (nSPS) is 0. The van der Waals surface area contributed by atoms with Gasteiger partial charge in [0.2, 0.25) is 0 Å². The average Bonchev–Trinajstić information content (AvgIpc) is 0. The third kappa shape index (κ3) is 302. The summed E-state index contributed by atoms with van der Waals surface area (Å²) in [7, 11) is 0. The standard InChI is InChI=1S/5ClH.Nb.5H2O/h5*1H;;5*1H2/q;;;;;+5;;;;;/p-5. The van der Waals surface area contributed by atoms with Gasteiger partial charge in [0.05, 0.1) is 0 Å². The van der Waals surface area contributed by atoms with E-state index in [4.69, 9.17) is 0 Å². The van der Waals surface area contributed by atoms with E-state index in [1.54, 1.807) is 0 Å². The van der Waals surface area contributed by atoms with Crippen LogP contribution >= 0.6 is 0 Å². The molecule has 0 aliphatic carbocycles. The van der Waals surface area contributed by atoms with Crippen LogP contribution in [0.5, 0.6) is 0 Å². The van der Waals surface area contributed by atoms with Crippen LogP contribution in [-0.2, 0) is 22.4 Å². The Morgan fingerprint density at radius 3 is 0.273 bits per heavy atom. The van der Waals surface area contributed by atoms with Gasteiger partial charge in [0, 0.05) is 0 Å². The third-order valence-electron chi connectivity index (χ3n) is 0. The van der Waals surface area contributed by atoms with Crippen LogP contribution in [0.3, 0.4) is 0 Å². The predicted octanol–water partition coefficient (Wildman–Crippen LogP) is -19.1. The molecule has 11 heteroatoms. The van der Waals surface area contributed by atoms with Gasteiger partial charge in [-0.1, -0.05) is 0 Å². The molecule has 0 saturated heterocycles. The maximum Gasteiger partial charge on any atom is 5.00 e. The van der Waals surface area contributed by atoms with Crippen LogP contribution in [0.2, 0.25) is 0 Å². The Hall–Kier alpha value is 1.99. The summed E-state index contributed by atoms with van der Waals surface area (Å²) in [6.07, 6.45) is 0. The minimum Gasteiger partial charge on any atom is -1.00 e. The zero-order valence-electron chi connectivity index (χ0n) is 4.84. The second-order valence-corrected chi connectivity index (χ2v) is 0. The molecule has 0 spiro atoms. The molecule has 0 aliphatic rings. The molecule has 0 unspecified atom stereocenters. The second kappa shape index (κ2) is 366. The smallest absolute Gasteiger partial charge is 1.00 e. The van der Waals surface area contributed by atoms with Gasteiger partial charge < -0.3 is 89.4 Å². The van der Waals surface area contributed by atoms with E-state index >= 15 is 0 Å². The molecule has 0 atom stereocenters. The van der Waals surface area contributed by atoms with Crippen molar-refractivity contribution in [1.29, 1.82) is 0 Å². The Morgan fingerprint density at radius 2 is 0.273 bits per heavy atom. The molecule has 0 aliphatic heterocycles. The molecule has 0 saturated carbocycles. The van der Waals surface area contributed by atoms with Crippen molar-refractivity contribution >= 4 is 0 Å². The van der Waals surface area contributed by atoms with Gasteiger partial charge >= 0.3 is 22.4 Å². The van der Waals surface area contributed by atoms with Crippen molar-refractivity contribution in [2.24, 2.45) is 0 Å². The molecule has 0 aromatic carbocycles. The summed E-state index contributed by atoms with van der Waals surface area (Å²) < 4.78 is 0. The molecule has 11 heavy (non-hydrogen) atoms. The topological polar surface area (TPSA) is 158 Å². The first kappa shape index (κ1) is 471. The van der Waals surface area contributed by atoms with Gasteiger partial charge in [-0.25, -0.2) is 0 Å². The third-order valence-corrected chi connectivity index (χ3v) is 0. The summed E-state index contributed by atoms with van der Waals surface area (Å²) in [5.74, 6) is 0. The second-order valence-electron chi connectivity index (χ2n) is 0. The summed E-state index contributed by atoms with van der Waals surface area (Å²) in [5, 5.41) is 0. The zero-order valence-corrected chi connectivity index (χ0v) is 10.8. The van der Waals surface area contributed by atoms with Crippen molar-refractivity contribution in [2.75, 3.05) is 0 Å². The molecule has 0 aromatic rings. The van der Waals surface area contributed by atoms with Crippen molar-refractivity contribution in [3.05, 3.63) is 0 Å². The number of halogens is 5. The van der Waals surface area contributed by atoms with Crippen LogP contribution in [0.1, 0.15) is 0 Å². The van der Waals surface area contributed by atoms with Gasteiger partial charge in [-0.2, -0.15) is 0 Å². The summed E-state index contributed by atoms with van der Waals surface area (Å²) in [5.41, 5.74) is 0. The van der Waals surface area contributed by atoms with Crippen LogP contribution < -0.4 is 62.0 Å². The quantitative estimate of drug-likeness (QED) is 0.376. The summed E-state index contributed by atoms with van der Waals surface area (Å²) in [4.78, 5) is 0. The van der Waals surface area contributed by atoms with Gasteiger partial charge in [0.1, 0.15) is 0 Å². The van der Waals surface area contributed by atoms with Gasteiger partial charge in [-0.05, 0) is 0 Å². The van der Waals surface area contributed by atoms with E-state index in [-0.39, 0.29) is 112 Å². The minimum absolute atomic E-state index is 0. The van der Waals surface area contributed by atoms with Crippen LogP contribution in [0.4, 0.5) is 0 Å². The van der Waals surface area contributed by atoms with Crippen LogP contribution in [0.25, 0.3) is 0 Å². The molecule has 80 valence electrons. The molecule has 10 N–H and O–H groups in total. The fourth-order valence-electron chi connectivity index (χ4n) is 0. The van der Waals surface area contributed by atoms with E-state index < -0.39 is 0 Å². The Kier molecular flexibility index (Phi) is 15700. The van der Waals surface area contributed by atoms with Gasteiger partial charge in [-0.3, -0.25) is 0 Å². The van der Waals surface area contributed by atoms with Gasteiger partial charge in [-0.15, -0.1) is 0 Å². The Morgan fingerprint density at radius 1 is 0.273 bits per heavy atom. The Balaban J connectivity index is 0. The van der Waals surface area contributed by atoms with E-state index in [0.717, 1.165) is 0 Å². The first-order chi connectivity index (χ1) is 0. The summed E-state index contributed by atoms with van der Waals surface area (Å²) in [6, 6.07) is 0. The first-order valence-corrected chi connectivity index (χ1v) is 0. The van der Waals surface area contributed by atoms with Gasteiger partial charge in [0.25, 0.3) is 0 Å². The first-order valence-electron chi connectivity index (χ1n) is 0. The monoisotopic (exact) mass is 358 g/mol. The fraction of sp³-hybridized carbons (Fsp3) is 0. The molecule has 5 nitrogen and oxygen atoms in total. The van der Waals surface area contributed by atoms with Crippen molar-refractivity contribution in [1.82, 2.24) is 0 Å².